The first kappa shape index (κ1) is 16.8. The maximum Gasteiger partial charge on any atom is 0.306 e. The van der Waals surface area contributed by atoms with Crippen LogP contribution in [0.25, 0.3) is 0 Å². The van der Waals surface area contributed by atoms with Crippen molar-refractivity contribution in [2.24, 2.45) is 0 Å². The molecule has 106 valence electrons. The van der Waals surface area contributed by atoms with Crippen molar-refractivity contribution in [3.05, 3.63) is 0 Å². The third kappa shape index (κ3) is 7.98. The van der Waals surface area contributed by atoms with Crippen molar-refractivity contribution in [2.45, 2.75) is 18.9 Å². The summed E-state index contributed by atoms with van der Waals surface area (Å²) in [7, 11) is -1.20. The number of nitrogens with one attached hydrogen (secondary N) is 1. The fourth-order valence-corrected chi connectivity index (χ4v) is 2.07. The molecule has 0 aromatic rings. The van der Waals surface area contributed by atoms with Crippen LogP contribution in [0.3, 0.4) is 0 Å². The van der Waals surface area contributed by atoms with E-state index in [2.05, 4.69) is 9.46 Å². The van der Waals surface area contributed by atoms with Crippen molar-refractivity contribution < 1.29 is 32.6 Å². The molecular weight excluding hydrogens is 266 g/mol. The summed E-state index contributed by atoms with van der Waals surface area (Å²) in [4.78, 5) is 21.2. The summed E-state index contributed by atoms with van der Waals surface area (Å²) < 4.78 is 34.2. The van der Waals surface area contributed by atoms with Gasteiger partial charge in [-0.15, -0.1) is 0 Å². The van der Waals surface area contributed by atoms with E-state index in [0.717, 1.165) is 7.11 Å². The van der Waals surface area contributed by atoms with E-state index in [9.17, 15) is 18.0 Å². The van der Waals surface area contributed by atoms with E-state index in [1.165, 1.54) is 7.11 Å². The minimum absolute atomic E-state index is 0.160. The van der Waals surface area contributed by atoms with Gasteiger partial charge >= 0.3 is 11.9 Å². The van der Waals surface area contributed by atoms with E-state index < -0.39 is 33.8 Å². The zero-order valence-electron chi connectivity index (χ0n) is 10.2. The number of methoxy groups -OCH3 is 2. The quantitative estimate of drug-likeness (QED) is 0.519. The van der Waals surface area contributed by atoms with Crippen LogP contribution in [-0.4, -0.2) is 58.1 Å². The standard InChI is InChI=1S/C9H17NO7S/c1-16-7(5-8(11)12)6-10-18(14,15)4-3-9(13)17-2/h7,10H,3-6H2,1-2H3,(H,11,12). The van der Waals surface area contributed by atoms with E-state index in [1.807, 2.05) is 0 Å². The lowest BCUT2D eigenvalue weighted by atomic mass is 10.2. The molecule has 2 N–H and O–H groups in total. The Morgan fingerprint density at radius 2 is 1.94 bits per heavy atom. The van der Waals surface area contributed by atoms with E-state index in [1.54, 1.807) is 0 Å². The number of esters is 1. The van der Waals surface area contributed by atoms with Gasteiger partial charge in [-0.05, 0) is 0 Å². The Balaban J connectivity index is 4.16. The van der Waals surface area contributed by atoms with Gasteiger partial charge in [0.1, 0.15) is 0 Å². The number of rotatable bonds is 9. The normalized spacial score (nSPS) is 13.0. The third-order valence-corrected chi connectivity index (χ3v) is 3.42. The Kier molecular flexibility index (Phi) is 7.48. The highest BCUT2D eigenvalue weighted by Gasteiger charge is 2.18. The fourth-order valence-electron chi connectivity index (χ4n) is 1.05. The molecule has 1 atom stereocenters. The second-order valence-corrected chi connectivity index (χ2v) is 5.38. The number of ether oxygens (including phenoxy) is 2. The Morgan fingerprint density at radius 3 is 2.39 bits per heavy atom. The van der Waals surface area contributed by atoms with Gasteiger partial charge in [0.2, 0.25) is 10.0 Å². The van der Waals surface area contributed by atoms with Crippen LogP contribution in [0.1, 0.15) is 12.8 Å². The molecule has 0 bridgehead atoms. The number of carboxylic acids is 1. The molecule has 18 heavy (non-hydrogen) atoms. The van der Waals surface area contributed by atoms with E-state index >= 15 is 0 Å². The molecule has 0 amide bonds. The van der Waals surface area contributed by atoms with E-state index in [4.69, 9.17) is 9.84 Å². The molecule has 0 aliphatic rings. The summed E-state index contributed by atoms with van der Waals surface area (Å²) in [6.07, 6.45) is -1.33. The van der Waals surface area contributed by atoms with Crippen molar-refractivity contribution in [3.63, 3.8) is 0 Å². The Morgan fingerprint density at radius 1 is 1.33 bits per heavy atom. The number of carbonyl (C=O) groups excluding carboxylic acids is 1. The van der Waals surface area contributed by atoms with Gasteiger partial charge in [0.25, 0.3) is 0 Å². The van der Waals surface area contributed by atoms with Gasteiger partial charge in [0, 0.05) is 13.7 Å². The lowest BCUT2D eigenvalue weighted by Crippen LogP contribution is -2.36. The highest BCUT2D eigenvalue weighted by molar-refractivity contribution is 7.89. The lowest BCUT2D eigenvalue weighted by molar-refractivity contribution is -0.140. The molecule has 0 radical (unpaired) electrons. The van der Waals surface area contributed by atoms with Crippen LogP contribution in [-0.2, 0) is 29.1 Å². The summed E-state index contributed by atoms with van der Waals surface area (Å²) in [5, 5.41) is 8.53. The minimum Gasteiger partial charge on any atom is -0.481 e. The number of hydrogen-bond acceptors (Lipinski definition) is 6. The first-order valence-corrected chi connectivity index (χ1v) is 6.74. The maximum absolute atomic E-state index is 11.4. The Labute approximate surface area is 105 Å². The third-order valence-electron chi connectivity index (χ3n) is 2.07. The Hall–Kier alpha value is -1.19. The molecule has 0 rings (SSSR count). The molecule has 1 unspecified atom stereocenters. The number of carboxylic acid groups (broad SMARTS) is 1. The van der Waals surface area contributed by atoms with Gasteiger partial charge in [-0.25, -0.2) is 13.1 Å². The summed E-state index contributed by atoms with van der Waals surface area (Å²) in [6, 6.07) is 0. The van der Waals surface area contributed by atoms with Crippen LogP contribution in [0, 0.1) is 0 Å². The van der Waals surface area contributed by atoms with Crippen molar-refractivity contribution in [1.82, 2.24) is 4.72 Å². The lowest BCUT2D eigenvalue weighted by Gasteiger charge is -2.13. The van der Waals surface area contributed by atoms with Gasteiger partial charge in [-0.1, -0.05) is 0 Å². The topological polar surface area (TPSA) is 119 Å². The average molecular weight is 283 g/mol. The molecule has 0 fully saturated rings. The fraction of sp³-hybridized carbons (Fsp3) is 0.778. The number of carbonyl (C=O) groups is 2. The van der Waals surface area contributed by atoms with Gasteiger partial charge in [-0.3, -0.25) is 9.59 Å². The SMILES string of the molecule is COC(=O)CCS(=O)(=O)NCC(CC(=O)O)OC. The summed E-state index contributed by atoms with van der Waals surface area (Å²) in [5.74, 6) is -2.13. The molecule has 0 spiro atoms. The zero-order chi connectivity index (χ0) is 14.2. The maximum atomic E-state index is 11.4. The largest absolute Gasteiger partial charge is 0.481 e. The van der Waals surface area contributed by atoms with E-state index in [0.29, 0.717) is 0 Å². The zero-order valence-corrected chi connectivity index (χ0v) is 11.0. The molecule has 8 nitrogen and oxygen atoms in total. The van der Waals surface area contributed by atoms with Gasteiger partial charge in [0.15, 0.2) is 0 Å². The average Bonchev–Trinajstić information content (AvgIpc) is 2.31. The van der Waals surface area contributed by atoms with Crippen LogP contribution in [0.2, 0.25) is 0 Å². The molecule has 0 aromatic heterocycles. The minimum atomic E-state index is -3.65. The van der Waals surface area contributed by atoms with E-state index in [-0.39, 0.29) is 19.4 Å². The second kappa shape index (κ2) is 8.01. The van der Waals surface area contributed by atoms with Crippen molar-refractivity contribution >= 4 is 22.0 Å². The first-order valence-electron chi connectivity index (χ1n) is 5.09. The number of hydrogen-bond donors (Lipinski definition) is 2. The number of sulfonamides is 1. The molecule has 0 saturated heterocycles. The highest BCUT2D eigenvalue weighted by atomic mass is 32.2. The molecule has 0 aliphatic carbocycles. The molecule has 0 aromatic carbocycles. The van der Waals surface area contributed by atoms with Crippen molar-refractivity contribution in [1.29, 1.82) is 0 Å². The molecular formula is C9H17NO7S. The second-order valence-electron chi connectivity index (χ2n) is 3.45. The predicted molar refractivity (Wildman–Crippen MR) is 61.5 cm³/mol. The number of aliphatic carboxylic acids is 1. The molecule has 0 aliphatic heterocycles. The van der Waals surface area contributed by atoms with Gasteiger partial charge in [-0.2, -0.15) is 0 Å². The van der Waals surface area contributed by atoms with Crippen LogP contribution in [0.5, 0.6) is 0 Å². The molecule has 9 heteroatoms. The smallest absolute Gasteiger partial charge is 0.306 e. The van der Waals surface area contributed by atoms with Crippen molar-refractivity contribution in [3.8, 4) is 0 Å². The summed E-state index contributed by atoms with van der Waals surface area (Å²) >= 11 is 0. The summed E-state index contributed by atoms with van der Waals surface area (Å²) in [5.41, 5.74) is 0. The molecule has 0 saturated carbocycles. The molecule has 0 heterocycles. The first-order chi connectivity index (χ1) is 8.30. The van der Waals surface area contributed by atoms with Gasteiger partial charge in [0.05, 0.1) is 31.8 Å². The van der Waals surface area contributed by atoms with Crippen LogP contribution in [0.15, 0.2) is 0 Å². The van der Waals surface area contributed by atoms with Crippen LogP contribution in [0.4, 0.5) is 0 Å². The van der Waals surface area contributed by atoms with Crippen LogP contribution < -0.4 is 4.72 Å². The predicted octanol–water partition coefficient (Wildman–Crippen LogP) is -1.04. The van der Waals surface area contributed by atoms with Crippen molar-refractivity contribution in [2.75, 3.05) is 26.5 Å². The highest BCUT2D eigenvalue weighted by Crippen LogP contribution is 1.98. The Bertz CT molecular complexity index is 378. The van der Waals surface area contributed by atoms with Crippen LogP contribution >= 0.6 is 0 Å². The van der Waals surface area contributed by atoms with Gasteiger partial charge < -0.3 is 14.6 Å². The summed E-state index contributed by atoms with van der Waals surface area (Å²) in [6.45, 7) is -0.160. The monoisotopic (exact) mass is 283 g/mol.